The van der Waals surface area contributed by atoms with Gasteiger partial charge in [-0.3, -0.25) is 4.79 Å². The number of halogens is 1. The van der Waals surface area contributed by atoms with E-state index in [2.05, 4.69) is 13.8 Å². The predicted octanol–water partition coefficient (Wildman–Crippen LogP) is 2.19. The van der Waals surface area contributed by atoms with Crippen LogP contribution < -0.4 is 5.73 Å². The van der Waals surface area contributed by atoms with Crippen molar-refractivity contribution in [2.45, 2.75) is 32.2 Å². The summed E-state index contributed by atoms with van der Waals surface area (Å²) in [7, 11) is 0. The second-order valence-corrected chi connectivity index (χ2v) is 4.00. The number of aliphatic carboxylic acids is 1. The molecule has 0 saturated carbocycles. The summed E-state index contributed by atoms with van der Waals surface area (Å²) in [5, 5.41) is 8.75. The number of rotatable bonds is 4. The molecule has 0 saturated heterocycles. The minimum absolute atomic E-state index is 0. The Morgan fingerprint density at radius 1 is 1.38 bits per heavy atom. The van der Waals surface area contributed by atoms with Gasteiger partial charge in [-0.05, 0) is 23.5 Å². The largest absolute Gasteiger partial charge is 0.480 e. The van der Waals surface area contributed by atoms with Crippen molar-refractivity contribution in [2.24, 2.45) is 5.73 Å². The van der Waals surface area contributed by atoms with Gasteiger partial charge in [-0.1, -0.05) is 38.1 Å². The highest BCUT2D eigenvalue weighted by Gasteiger charge is 2.14. The van der Waals surface area contributed by atoms with E-state index in [9.17, 15) is 4.79 Å². The highest BCUT2D eigenvalue weighted by molar-refractivity contribution is 5.85. The Kier molecular flexibility index (Phi) is 6.08. The highest BCUT2D eigenvalue weighted by atomic mass is 35.5. The van der Waals surface area contributed by atoms with Gasteiger partial charge in [0.15, 0.2) is 0 Å². The summed E-state index contributed by atoms with van der Waals surface area (Å²) in [5.41, 5.74) is 7.72. The van der Waals surface area contributed by atoms with Crippen LogP contribution in [0.4, 0.5) is 0 Å². The van der Waals surface area contributed by atoms with Crippen LogP contribution in [0.2, 0.25) is 0 Å². The van der Waals surface area contributed by atoms with Crippen LogP contribution in [-0.2, 0) is 11.2 Å². The number of benzene rings is 1. The SMILES string of the molecule is CC(C)c1ccccc1C[C@H](N)C(=O)O.Cl. The maximum atomic E-state index is 10.7. The number of hydrogen-bond acceptors (Lipinski definition) is 2. The van der Waals surface area contributed by atoms with Gasteiger partial charge in [0.1, 0.15) is 6.04 Å². The molecule has 1 aromatic rings. The van der Waals surface area contributed by atoms with Gasteiger partial charge in [0, 0.05) is 0 Å². The standard InChI is InChI=1S/C12H17NO2.ClH/c1-8(2)10-6-4-3-5-9(10)7-11(13)12(14)15;/h3-6,8,11H,7,13H2,1-2H3,(H,14,15);1H/t11-;/m0./s1. The third-order valence-corrected chi connectivity index (χ3v) is 2.43. The summed E-state index contributed by atoms with van der Waals surface area (Å²) in [5.74, 6) is -0.559. The van der Waals surface area contributed by atoms with Gasteiger partial charge in [-0.15, -0.1) is 12.4 Å². The molecule has 1 rings (SSSR count). The Morgan fingerprint density at radius 2 is 1.94 bits per heavy atom. The minimum atomic E-state index is -0.950. The van der Waals surface area contributed by atoms with E-state index in [1.807, 2.05) is 24.3 Å². The fourth-order valence-corrected chi connectivity index (χ4v) is 1.61. The minimum Gasteiger partial charge on any atom is -0.480 e. The number of carboxylic acid groups (broad SMARTS) is 1. The molecule has 0 aliphatic heterocycles. The van der Waals surface area contributed by atoms with E-state index >= 15 is 0 Å². The van der Waals surface area contributed by atoms with Crippen LogP contribution in [0, 0.1) is 0 Å². The predicted molar refractivity (Wildman–Crippen MR) is 67.1 cm³/mol. The molecule has 0 aromatic heterocycles. The molecule has 0 aliphatic carbocycles. The van der Waals surface area contributed by atoms with Crippen molar-refractivity contribution in [2.75, 3.05) is 0 Å². The summed E-state index contributed by atoms with van der Waals surface area (Å²) in [4.78, 5) is 10.7. The molecule has 0 amide bonds. The zero-order valence-corrected chi connectivity index (χ0v) is 10.3. The molecule has 90 valence electrons. The Morgan fingerprint density at radius 3 is 2.44 bits per heavy atom. The Hall–Kier alpha value is -1.06. The molecule has 0 unspecified atom stereocenters. The first-order chi connectivity index (χ1) is 7.02. The van der Waals surface area contributed by atoms with E-state index in [0.29, 0.717) is 12.3 Å². The first kappa shape index (κ1) is 14.9. The molecule has 0 spiro atoms. The van der Waals surface area contributed by atoms with E-state index in [4.69, 9.17) is 10.8 Å². The highest BCUT2D eigenvalue weighted by Crippen LogP contribution is 2.20. The second kappa shape index (κ2) is 6.51. The van der Waals surface area contributed by atoms with E-state index in [-0.39, 0.29) is 12.4 Å². The van der Waals surface area contributed by atoms with Crippen molar-refractivity contribution >= 4 is 18.4 Å². The molecule has 0 bridgehead atoms. The van der Waals surface area contributed by atoms with Crippen molar-refractivity contribution < 1.29 is 9.90 Å². The Balaban J connectivity index is 0.00000225. The zero-order chi connectivity index (χ0) is 11.4. The fraction of sp³-hybridized carbons (Fsp3) is 0.417. The van der Waals surface area contributed by atoms with E-state index in [0.717, 1.165) is 5.56 Å². The summed E-state index contributed by atoms with van der Waals surface area (Å²) in [6.07, 6.45) is 0.393. The molecule has 0 aliphatic rings. The first-order valence-electron chi connectivity index (χ1n) is 5.08. The molecular formula is C12H18ClNO2. The van der Waals surface area contributed by atoms with Gasteiger partial charge in [0.2, 0.25) is 0 Å². The van der Waals surface area contributed by atoms with Gasteiger partial charge in [0.05, 0.1) is 0 Å². The van der Waals surface area contributed by atoms with E-state index < -0.39 is 12.0 Å². The summed E-state index contributed by atoms with van der Waals surface area (Å²) < 4.78 is 0. The molecular weight excluding hydrogens is 226 g/mol. The van der Waals surface area contributed by atoms with Gasteiger partial charge >= 0.3 is 5.97 Å². The van der Waals surface area contributed by atoms with Gasteiger partial charge in [-0.25, -0.2) is 0 Å². The van der Waals surface area contributed by atoms with Crippen molar-refractivity contribution in [3.63, 3.8) is 0 Å². The molecule has 1 atom stereocenters. The number of hydrogen-bond donors (Lipinski definition) is 2. The topological polar surface area (TPSA) is 63.3 Å². The van der Waals surface area contributed by atoms with Gasteiger partial charge < -0.3 is 10.8 Å². The van der Waals surface area contributed by atoms with Crippen LogP contribution in [0.3, 0.4) is 0 Å². The molecule has 0 heterocycles. The summed E-state index contributed by atoms with van der Waals surface area (Å²) >= 11 is 0. The van der Waals surface area contributed by atoms with E-state index in [1.165, 1.54) is 5.56 Å². The second-order valence-electron chi connectivity index (χ2n) is 4.00. The van der Waals surface area contributed by atoms with Crippen LogP contribution in [-0.4, -0.2) is 17.1 Å². The van der Waals surface area contributed by atoms with Crippen molar-refractivity contribution in [1.29, 1.82) is 0 Å². The molecule has 4 heteroatoms. The van der Waals surface area contributed by atoms with Gasteiger partial charge in [-0.2, -0.15) is 0 Å². The molecule has 0 fully saturated rings. The number of carbonyl (C=O) groups is 1. The summed E-state index contributed by atoms with van der Waals surface area (Å²) in [6.45, 7) is 4.18. The average molecular weight is 244 g/mol. The van der Waals surface area contributed by atoms with Crippen molar-refractivity contribution in [3.05, 3.63) is 35.4 Å². The fourth-order valence-electron chi connectivity index (χ4n) is 1.61. The lowest BCUT2D eigenvalue weighted by atomic mass is 9.93. The van der Waals surface area contributed by atoms with Crippen LogP contribution in [0.25, 0.3) is 0 Å². The Bertz CT molecular complexity index is 353. The van der Waals surface area contributed by atoms with Crippen molar-refractivity contribution in [3.8, 4) is 0 Å². The maximum Gasteiger partial charge on any atom is 0.320 e. The van der Waals surface area contributed by atoms with Crippen LogP contribution in [0.15, 0.2) is 24.3 Å². The lowest BCUT2D eigenvalue weighted by Crippen LogP contribution is -2.32. The third-order valence-electron chi connectivity index (χ3n) is 2.43. The lowest BCUT2D eigenvalue weighted by Gasteiger charge is -2.14. The Labute approximate surface area is 102 Å². The molecule has 16 heavy (non-hydrogen) atoms. The maximum absolute atomic E-state index is 10.7. The van der Waals surface area contributed by atoms with Crippen LogP contribution in [0.5, 0.6) is 0 Å². The van der Waals surface area contributed by atoms with Crippen LogP contribution in [0.1, 0.15) is 30.9 Å². The smallest absolute Gasteiger partial charge is 0.320 e. The monoisotopic (exact) mass is 243 g/mol. The summed E-state index contributed by atoms with van der Waals surface area (Å²) in [6, 6.07) is 7.03. The van der Waals surface area contributed by atoms with Crippen LogP contribution >= 0.6 is 12.4 Å². The number of nitrogens with two attached hydrogens (primary N) is 1. The lowest BCUT2D eigenvalue weighted by molar-refractivity contribution is -0.138. The number of carboxylic acids is 1. The average Bonchev–Trinajstić information content (AvgIpc) is 2.18. The third kappa shape index (κ3) is 3.83. The quantitative estimate of drug-likeness (QED) is 0.852. The molecule has 1 aromatic carbocycles. The molecule has 3 N–H and O–H groups in total. The first-order valence-corrected chi connectivity index (χ1v) is 5.08. The molecule has 0 radical (unpaired) electrons. The zero-order valence-electron chi connectivity index (χ0n) is 9.51. The van der Waals surface area contributed by atoms with Crippen molar-refractivity contribution in [1.82, 2.24) is 0 Å². The molecule has 3 nitrogen and oxygen atoms in total. The normalized spacial score (nSPS) is 12.0. The van der Waals surface area contributed by atoms with Gasteiger partial charge in [0.25, 0.3) is 0 Å². The van der Waals surface area contributed by atoms with E-state index in [1.54, 1.807) is 0 Å².